The van der Waals surface area contributed by atoms with Gasteiger partial charge < -0.3 is 30.2 Å². The van der Waals surface area contributed by atoms with Crippen molar-refractivity contribution in [1.82, 2.24) is 15.3 Å². The van der Waals surface area contributed by atoms with Gasteiger partial charge in [0.25, 0.3) is 0 Å². The number of thiocarbonyl (C=S) groups is 1. The molecule has 8 nitrogen and oxygen atoms in total. The molecule has 2 aromatic carbocycles. The molecular formula is C28H34N8S. The van der Waals surface area contributed by atoms with Gasteiger partial charge in [0.15, 0.2) is 5.11 Å². The largest absolute Gasteiger partial charge is 0.368 e. The minimum absolute atomic E-state index is 0.491. The van der Waals surface area contributed by atoms with E-state index in [4.69, 9.17) is 22.2 Å². The molecule has 0 bridgehead atoms. The van der Waals surface area contributed by atoms with E-state index in [-0.39, 0.29) is 0 Å². The number of nitrogens with one attached hydrogen (secondary N) is 2. The van der Waals surface area contributed by atoms with E-state index in [1.807, 2.05) is 0 Å². The summed E-state index contributed by atoms with van der Waals surface area (Å²) in [5, 5.41) is 6.78. The van der Waals surface area contributed by atoms with Crippen molar-refractivity contribution in [2.45, 2.75) is 0 Å². The van der Waals surface area contributed by atoms with Gasteiger partial charge in [-0.25, -0.2) is 0 Å². The predicted octanol–water partition coefficient (Wildman–Crippen LogP) is 3.60. The molecule has 0 amide bonds. The molecule has 0 unspecified atom stereocenters. The van der Waals surface area contributed by atoms with Crippen LogP contribution in [0.15, 0.2) is 79.4 Å². The molecule has 37 heavy (non-hydrogen) atoms. The molecule has 0 atom stereocenters. The first-order valence-corrected chi connectivity index (χ1v) is 13.2. The number of anilines is 5. The Morgan fingerprint density at radius 3 is 1.59 bits per heavy atom. The van der Waals surface area contributed by atoms with Crippen molar-refractivity contribution in [2.75, 3.05) is 83.8 Å². The van der Waals surface area contributed by atoms with Gasteiger partial charge in [0.05, 0.1) is 0 Å². The van der Waals surface area contributed by atoms with Crippen molar-refractivity contribution in [3.05, 3.63) is 79.4 Å². The number of hydrogen-bond acceptors (Lipinski definition) is 7. The summed E-state index contributed by atoms with van der Waals surface area (Å²) in [6, 6.07) is 23.3. The zero-order chi connectivity index (χ0) is 25.5. The van der Waals surface area contributed by atoms with Gasteiger partial charge in [-0.05, 0) is 36.5 Å². The lowest BCUT2D eigenvalue weighted by molar-refractivity contribution is 0.639. The second-order valence-electron chi connectivity index (χ2n) is 9.15. The van der Waals surface area contributed by atoms with Crippen molar-refractivity contribution in [2.24, 2.45) is 0 Å². The molecule has 1 aromatic heterocycles. The first kappa shape index (κ1) is 24.8. The van der Waals surface area contributed by atoms with Crippen LogP contribution < -0.4 is 30.2 Å². The summed E-state index contributed by atoms with van der Waals surface area (Å²) in [7, 11) is 0. The molecular weight excluding hydrogens is 480 g/mol. The molecule has 2 saturated heterocycles. The van der Waals surface area contributed by atoms with E-state index >= 15 is 0 Å². The molecule has 0 radical (unpaired) electrons. The van der Waals surface area contributed by atoms with Gasteiger partial charge >= 0.3 is 0 Å². The molecule has 3 heterocycles. The SMILES string of the molecule is C=CCNC(=S)Nc1nc(N2CCN(c3ccccc3)CC2)cc(N2CCN(c3ccccc3)CC2)n1. The molecule has 5 rings (SSSR count). The molecule has 0 spiro atoms. The minimum atomic E-state index is 0.491. The number of aromatic nitrogens is 2. The molecule has 0 aliphatic carbocycles. The number of para-hydroxylation sites is 2. The fourth-order valence-electron chi connectivity index (χ4n) is 4.78. The topological polar surface area (TPSA) is 62.8 Å². The van der Waals surface area contributed by atoms with Crippen LogP contribution in [0.2, 0.25) is 0 Å². The Labute approximate surface area is 224 Å². The first-order valence-electron chi connectivity index (χ1n) is 12.8. The highest BCUT2D eigenvalue weighted by molar-refractivity contribution is 7.80. The second-order valence-corrected chi connectivity index (χ2v) is 9.56. The number of nitrogens with zero attached hydrogens (tertiary/aromatic N) is 6. The van der Waals surface area contributed by atoms with Crippen LogP contribution in [0.25, 0.3) is 0 Å². The van der Waals surface area contributed by atoms with Gasteiger partial charge in [-0.1, -0.05) is 42.5 Å². The van der Waals surface area contributed by atoms with E-state index < -0.39 is 0 Å². The molecule has 9 heteroatoms. The summed E-state index contributed by atoms with van der Waals surface area (Å²) in [4.78, 5) is 19.2. The van der Waals surface area contributed by atoms with E-state index in [0.29, 0.717) is 17.6 Å². The molecule has 0 saturated carbocycles. The predicted molar refractivity (Wildman–Crippen MR) is 158 cm³/mol. The number of hydrogen-bond donors (Lipinski definition) is 2. The maximum atomic E-state index is 5.45. The molecule has 2 N–H and O–H groups in total. The third kappa shape index (κ3) is 6.29. The van der Waals surface area contributed by atoms with Crippen molar-refractivity contribution in [3.63, 3.8) is 0 Å². The average Bonchev–Trinajstić information content (AvgIpc) is 2.97. The molecule has 2 aliphatic heterocycles. The van der Waals surface area contributed by atoms with E-state index in [1.54, 1.807) is 6.08 Å². The third-order valence-electron chi connectivity index (χ3n) is 6.78. The summed E-state index contributed by atoms with van der Waals surface area (Å²) in [6.07, 6.45) is 1.77. The van der Waals surface area contributed by atoms with Gasteiger partial charge in [0.2, 0.25) is 5.95 Å². The maximum Gasteiger partial charge on any atom is 0.232 e. The number of piperazine rings is 2. The average molecular weight is 515 g/mol. The van der Waals surface area contributed by atoms with Gasteiger partial charge in [-0.2, -0.15) is 9.97 Å². The summed E-state index contributed by atoms with van der Waals surface area (Å²) in [6.45, 7) is 11.7. The third-order valence-corrected chi connectivity index (χ3v) is 7.03. The van der Waals surface area contributed by atoms with Crippen LogP contribution in [0.5, 0.6) is 0 Å². The van der Waals surface area contributed by atoms with E-state index in [1.165, 1.54) is 11.4 Å². The Kier molecular flexibility index (Phi) is 8.00. The summed E-state index contributed by atoms with van der Waals surface area (Å²) in [5.74, 6) is 2.37. The lowest BCUT2D eigenvalue weighted by atomic mass is 10.2. The summed E-state index contributed by atoms with van der Waals surface area (Å²) in [5.41, 5.74) is 2.53. The number of rotatable bonds is 7. The highest BCUT2D eigenvalue weighted by Crippen LogP contribution is 2.26. The van der Waals surface area contributed by atoms with Crippen LogP contribution in [-0.4, -0.2) is 74.0 Å². The lowest BCUT2D eigenvalue weighted by Gasteiger charge is -2.38. The van der Waals surface area contributed by atoms with Crippen molar-refractivity contribution < 1.29 is 0 Å². The molecule has 2 aliphatic rings. The van der Waals surface area contributed by atoms with Crippen LogP contribution >= 0.6 is 12.2 Å². The van der Waals surface area contributed by atoms with Crippen molar-refractivity contribution >= 4 is 46.3 Å². The molecule has 3 aromatic rings. The summed E-state index contributed by atoms with van der Waals surface area (Å²) >= 11 is 5.45. The Morgan fingerprint density at radius 2 is 1.16 bits per heavy atom. The fraction of sp³-hybridized carbons (Fsp3) is 0.321. The minimum Gasteiger partial charge on any atom is -0.368 e. The zero-order valence-electron chi connectivity index (χ0n) is 21.1. The quantitative estimate of drug-likeness (QED) is 0.364. The van der Waals surface area contributed by atoms with E-state index in [2.05, 4.69) is 104 Å². The highest BCUT2D eigenvalue weighted by Gasteiger charge is 2.23. The van der Waals surface area contributed by atoms with Gasteiger partial charge in [0.1, 0.15) is 11.6 Å². The van der Waals surface area contributed by atoms with Crippen LogP contribution in [-0.2, 0) is 0 Å². The molecule has 2 fully saturated rings. The van der Waals surface area contributed by atoms with Crippen LogP contribution in [0.1, 0.15) is 0 Å². The van der Waals surface area contributed by atoms with Crippen LogP contribution in [0.3, 0.4) is 0 Å². The molecule has 192 valence electrons. The van der Waals surface area contributed by atoms with E-state index in [9.17, 15) is 0 Å². The normalized spacial score (nSPS) is 15.9. The number of benzene rings is 2. The van der Waals surface area contributed by atoms with Gasteiger partial charge in [-0.3, -0.25) is 0 Å². The summed E-state index contributed by atoms with van der Waals surface area (Å²) < 4.78 is 0. The second kappa shape index (κ2) is 11.9. The Morgan fingerprint density at radius 1 is 0.730 bits per heavy atom. The standard InChI is InChI=1S/C28H34N8S/c1-2-13-29-28(37)32-27-30-25(35-18-14-33(15-19-35)23-9-5-3-6-10-23)22-26(31-27)36-20-16-34(17-21-36)24-11-7-4-8-12-24/h2-12,22H,1,13-21H2,(H2,29,30,31,32,37). The van der Waals surface area contributed by atoms with Crippen LogP contribution in [0, 0.1) is 0 Å². The van der Waals surface area contributed by atoms with Gasteiger partial charge in [0, 0.05) is 76.3 Å². The highest BCUT2D eigenvalue weighted by atomic mass is 32.1. The Bertz CT molecular complexity index is 1100. The lowest BCUT2D eigenvalue weighted by Crippen LogP contribution is -2.48. The van der Waals surface area contributed by atoms with Crippen molar-refractivity contribution in [3.8, 4) is 0 Å². The Balaban J connectivity index is 1.31. The maximum absolute atomic E-state index is 5.45. The van der Waals surface area contributed by atoms with Gasteiger partial charge in [-0.15, -0.1) is 6.58 Å². The Hall–Kier alpha value is -3.85. The smallest absolute Gasteiger partial charge is 0.232 e. The zero-order valence-corrected chi connectivity index (χ0v) is 21.9. The monoisotopic (exact) mass is 514 g/mol. The van der Waals surface area contributed by atoms with Crippen molar-refractivity contribution in [1.29, 1.82) is 0 Å². The van der Waals surface area contributed by atoms with Crippen LogP contribution in [0.4, 0.5) is 29.0 Å². The fourth-order valence-corrected chi connectivity index (χ4v) is 4.95. The first-order chi connectivity index (χ1) is 18.2. The van der Waals surface area contributed by atoms with E-state index in [0.717, 1.165) is 64.0 Å².